The van der Waals surface area contributed by atoms with Gasteiger partial charge in [0.25, 0.3) is 5.56 Å². The lowest BCUT2D eigenvalue weighted by molar-refractivity contribution is 0.0526. The summed E-state index contributed by atoms with van der Waals surface area (Å²) in [6, 6.07) is 1.89. The summed E-state index contributed by atoms with van der Waals surface area (Å²) in [4.78, 5) is 36.2. The van der Waals surface area contributed by atoms with E-state index in [0.29, 0.717) is 16.5 Å². The second-order valence-corrected chi connectivity index (χ2v) is 7.31. The molecular formula is C18H18N4O3S. The topological polar surface area (TPSA) is 88.8 Å². The maximum absolute atomic E-state index is 12.7. The number of nitrogens with zero attached hydrogens (tertiary/aromatic N) is 3. The number of aromatic amines is 1. The summed E-state index contributed by atoms with van der Waals surface area (Å²) in [6.45, 7) is 5.24. The second kappa shape index (κ2) is 7.09. The lowest BCUT2D eigenvalue weighted by Crippen LogP contribution is -2.40. The lowest BCUT2D eigenvalue weighted by Gasteiger charge is -2.18. The number of imidazole rings is 1. The van der Waals surface area contributed by atoms with Crippen LogP contribution in [0.15, 0.2) is 43.4 Å². The Kier molecular flexibility index (Phi) is 4.85. The van der Waals surface area contributed by atoms with Gasteiger partial charge >= 0.3 is 6.09 Å². The van der Waals surface area contributed by atoms with Crippen LogP contribution in [0.25, 0.3) is 12.2 Å². The molecule has 0 bridgehead atoms. The number of ether oxygens (including phenoxy) is 1. The third-order valence-corrected chi connectivity index (χ3v) is 3.96. The molecule has 134 valence electrons. The van der Waals surface area contributed by atoms with Crippen LogP contribution in [-0.2, 0) is 4.74 Å². The van der Waals surface area contributed by atoms with Gasteiger partial charge in [-0.15, -0.1) is 0 Å². The molecule has 3 heterocycles. The van der Waals surface area contributed by atoms with Gasteiger partial charge < -0.3 is 9.72 Å². The molecule has 1 aliphatic rings. The number of carbonyl (C=O) groups is 1. The molecule has 8 heteroatoms. The summed E-state index contributed by atoms with van der Waals surface area (Å²) in [6.07, 6.45) is 7.21. The molecule has 1 N–H and O–H groups in total. The molecule has 2 aromatic rings. The van der Waals surface area contributed by atoms with Crippen LogP contribution in [0.2, 0.25) is 0 Å². The van der Waals surface area contributed by atoms with Crippen molar-refractivity contribution >= 4 is 42.1 Å². The predicted molar refractivity (Wildman–Crippen MR) is 103 cm³/mol. The molecule has 0 aliphatic carbocycles. The third-order valence-electron chi connectivity index (χ3n) is 3.26. The van der Waals surface area contributed by atoms with Crippen molar-refractivity contribution in [3.63, 3.8) is 0 Å². The van der Waals surface area contributed by atoms with Crippen molar-refractivity contribution in [3.05, 3.63) is 55.3 Å². The van der Waals surface area contributed by atoms with Crippen molar-refractivity contribution in [3.8, 4) is 0 Å². The maximum atomic E-state index is 12.7. The molecule has 0 saturated carbocycles. The van der Waals surface area contributed by atoms with Crippen LogP contribution in [0.4, 0.5) is 4.79 Å². The molecule has 3 rings (SSSR count). The van der Waals surface area contributed by atoms with E-state index >= 15 is 0 Å². The van der Waals surface area contributed by atoms with Crippen molar-refractivity contribution in [1.82, 2.24) is 9.55 Å². The van der Waals surface area contributed by atoms with E-state index in [1.807, 2.05) is 16.8 Å². The molecule has 26 heavy (non-hydrogen) atoms. The highest BCUT2D eigenvalue weighted by Crippen LogP contribution is 2.07. The lowest BCUT2D eigenvalue weighted by atomic mass is 10.2. The number of carbonyl (C=O) groups excluding carboxylic acids is 1. The predicted octanol–water partition coefficient (Wildman–Crippen LogP) is 1.63. The minimum atomic E-state index is -0.739. The monoisotopic (exact) mass is 370 g/mol. The third kappa shape index (κ3) is 4.15. The molecule has 0 aromatic carbocycles. The Morgan fingerprint density at radius 2 is 2.15 bits per heavy atom. The van der Waals surface area contributed by atoms with E-state index in [0.717, 1.165) is 10.1 Å². The number of H-pyrrole nitrogens is 1. The second-order valence-electron chi connectivity index (χ2n) is 6.53. The van der Waals surface area contributed by atoms with E-state index in [4.69, 9.17) is 4.74 Å². The van der Waals surface area contributed by atoms with E-state index in [2.05, 4.69) is 15.0 Å². The zero-order chi connectivity index (χ0) is 18.7. The highest BCUT2D eigenvalue weighted by atomic mass is 32.1. The fourth-order valence-corrected chi connectivity index (χ4v) is 2.82. The van der Waals surface area contributed by atoms with Crippen LogP contribution in [0.1, 0.15) is 26.3 Å². The van der Waals surface area contributed by atoms with E-state index in [1.54, 1.807) is 45.2 Å². The largest absolute Gasteiger partial charge is 0.443 e. The van der Waals surface area contributed by atoms with Crippen LogP contribution in [0, 0.1) is 0 Å². The average Bonchev–Trinajstić information content (AvgIpc) is 3.27. The molecule has 0 unspecified atom stereocenters. The quantitative estimate of drug-likeness (QED) is 0.871. The van der Waals surface area contributed by atoms with Gasteiger partial charge in [0.15, 0.2) is 0 Å². The Morgan fingerprint density at radius 3 is 2.77 bits per heavy atom. The highest BCUT2D eigenvalue weighted by Gasteiger charge is 2.20. The molecule has 7 nitrogen and oxygen atoms in total. The molecule has 0 atom stereocenters. The first-order chi connectivity index (χ1) is 12.3. The Labute approximate surface area is 153 Å². The highest BCUT2D eigenvalue weighted by molar-refractivity contribution is 7.08. The summed E-state index contributed by atoms with van der Waals surface area (Å²) in [5.74, 6) is 0. The first-order valence-corrected chi connectivity index (χ1v) is 8.84. The van der Waals surface area contributed by atoms with Gasteiger partial charge in [0.1, 0.15) is 22.8 Å². The average molecular weight is 370 g/mol. The number of allylic oxidation sites excluding steroid dienone is 2. The van der Waals surface area contributed by atoms with Crippen LogP contribution >= 0.6 is 11.3 Å². The Balaban J connectivity index is 2.15. The smallest absolute Gasteiger partial charge is 0.423 e. The molecule has 0 spiro atoms. The SMILES string of the molecule is CC(C)(C)OC(=O)n1c(=O)/c(=C/c2ccsc2)[nH]/c1=C/C=C1\C=NC=N1. The number of aromatic nitrogens is 2. The van der Waals surface area contributed by atoms with Gasteiger partial charge in [-0.3, -0.25) is 4.79 Å². The minimum Gasteiger partial charge on any atom is -0.443 e. The maximum Gasteiger partial charge on any atom is 0.423 e. The van der Waals surface area contributed by atoms with Gasteiger partial charge in [-0.1, -0.05) is 0 Å². The Bertz CT molecular complexity index is 1060. The van der Waals surface area contributed by atoms with Crippen molar-refractivity contribution in [1.29, 1.82) is 0 Å². The standard InChI is InChI=1S/C18H18N4O3S/c1-18(2,3)25-17(24)22-15(5-4-13-9-19-11-20-13)21-14(16(22)23)8-12-6-7-26-10-12/h4-11,21H,1-3H3/b13-4+,14-8-,15-5-. The first-order valence-electron chi connectivity index (χ1n) is 7.89. The zero-order valence-electron chi connectivity index (χ0n) is 14.6. The van der Waals surface area contributed by atoms with E-state index in [9.17, 15) is 9.59 Å². The molecule has 0 fully saturated rings. The number of nitrogens with one attached hydrogen (secondary N) is 1. The Morgan fingerprint density at radius 1 is 1.35 bits per heavy atom. The summed E-state index contributed by atoms with van der Waals surface area (Å²) in [5.41, 5.74) is 0.601. The molecule has 2 aromatic heterocycles. The van der Waals surface area contributed by atoms with Crippen molar-refractivity contribution in [2.75, 3.05) is 0 Å². The van der Waals surface area contributed by atoms with E-state index in [1.165, 1.54) is 17.7 Å². The van der Waals surface area contributed by atoms with E-state index in [-0.39, 0.29) is 0 Å². The molecule has 0 saturated heterocycles. The van der Waals surface area contributed by atoms with Gasteiger partial charge in [-0.2, -0.15) is 15.9 Å². The van der Waals surface area contributed by atoms with Crippen LogP contribution in [0.3, 0.4) is 0 Å². The molecule has 0 amide bonds. The number of hydrogen-bond acceptors (Lipinski definition) is 6. The van der Waals surface area contributed by atoms with E-state index < -0.39 is 17.3 Å². The molecule has 1 aliphatic heterocycles. The van der Waals surface area contributed by atoms with Gasteiger partial charge in [0, 0.05) is 0 Å². The Hall–Kier alpha value is -3.00. The molecular weight excluding hydrogens is 352 g/mol. The van der Waals surface area contributed by atoms with Crippen LogP contribution < -0.4 is 16.4 Å². The summed E-state index contributed by atoms with van der Waals surface area (Å²) in [7, 11) is 0. The fraction of sp³-hybridized carbons (Fsp3) is 0.222. The van der Waals surface area contributed by atoms with Crippen molar-refractivity contribution < 1.29 is 9.53 Å². The fourth-order valence-electron chi connectivity index (χ4n) is 2.20. The summed E-state index contributed by atoms with van der Waals surface area (Å²) < 4.78 is 6.34. The van der Waals surface area contributed by atoms with Crippen LogP contribution in [-0.4, -0.2) is 33.8 Å². The van der Waals surface area contributed by atoms with Crippen molar-refractivity contribution in [2.45, 2.75) is 26.4 Å². The number of thiophene rings is 1. The first kappa shape index (κ1) is 17.8. The molecule has 0 radical (unpaired) electrons. The zero-order valence-corrected chi connectivity index (χ0v) is 15.4. The number of hydrogen-bond donors (Lipinski definition) is 1. The normalized spacial score (nSPS) is 16.8. The van der Waals surface area contributed by atoms with Gasteiger partial charge in [-0.05, 0) is 61.4 Å². The minimum absolute atomic E-state index is 0.294. The van der Waals surface area contributed by atoms with Crippen molar-refractivity contribution in [2.24, 2.45) is 9.98 Å². The van der Waals surface area contributed by atoms with Crippen LogP contribution in [0.5, 0.6) is 0 Å². The van der Waals surface area contributed by atoms with Gasteiger partial charge in [-0.25, -0.2) is 14.8 Å². The number of aliphatic imine (C=N–C) groups is 2. The number of rotatable bonds is 2. The summed E-state index contributed by atoms with van der Waals surface area (Å²) in [5, 5.41) is 4.12. The summed E-state index contributed by atoms with van der Waals surface area (Å²) >= 11 is 1.52. The van der Waals surface area contributed by atoms with Gasteiger partial charge in [0.2, 0.25) is 0 Å². The van der Waals surface area contributed by atoms with Gasteiger partial charge in [0.05, 0.1) is 11.9 Å².